The van der Waals surface area contributed by atoms with Crippen molar-refractivity contribution in [1.29, 1.82) is 0 Å². The number of hydrogen-bond acceptors (Lipinski definition) is 7. The summed E-state index contributed by atoms with van der Waals surface area (Å²) in [5.41, 5.74) is 2.84. The average Bonchev–Trinajstić information content (AvgIpc) is 3.57. The lowest BCUT2D eigenvalue weighted by Gasteiger charge is -2.29. The second kappa shape index (κ2) is 9.84. The summed E-state index contributed by atoms with van der Waals surface area (Å²) >= 11 is 6.62. The number of fused-ring (bicyclic) bond motifs is 1. The number of carboxylic acid groups (broad SMARTS) is 1. The lowest BCUT2D eigenvalue weighted by atomic mass is 9.79. The van der Waals surface area contributed by atoms with Gasteiger partial charge in [-0.15, -0.1) is 0 Å². The quantitative estimate of drug-likeness (QED) is 0.617. The molecule has 1 saturated heterocycles. The van der Waals surface area contributed by atoms with Crippen molar-refractivity contribution in [2.45, 2.75) is 43.3 Å². The Morgan fingerprint density at radius 1 is 1.05 bits per heavy atom. The number of hydrogen-bond donors (Lipinski definition) is 2. The fourth-order valence-corrected chi connectivity index (χ4v) is 5.89. The normalized spacial score (nSPS) is 24.5. The third-order valence-electron chi connectivity index (χ3n) is 7.68. The standard InChI is InChI=1S/C28H29ClN4O4/c29-22-17-23-25(31-24(22)18-3-7-20(8-4-18)33-13-15-36-16-14-33)32-27(30-23)37-21-9-5-19(6-10-21)28(26(34)35)11-1-2-12-28/h3-10,17,23,25H,1-2,11-16H2,(H,30,32)(H,34,35). The number of nitrogens with one attached hydrogen (secondary N) is 1. The summed E-state index contributed by atoms with van der Waals surface area (Å²) in [5, 5.41) is 13.6. The molecule has 6 rings (SSSR count). The maximum atomic E-state index is 12.0. The molecule has 0 spiro atoms. The van der Waals surface area contributed by atoms with E-state index in [-0.39, 0.29) is 12.2 Å². The van der Waals surface area contributed by atoms with Crippen molar-refractivity contribution >= 4 is 35.0 Å². The van der Waals surface area contributed by atoms with Gasteiger partial charge in [0.1, 0.15) is 5.75 Å². The number of anilines is 1. The van der Waals surface area contributed by atoms with Crippen LogP contribution in [0.4, 0.5) is 5.69 Å². The van der Waals surface area contributed by atoms with E-state index in [1.807, 2.05) is 30.3 Å². The van der Waals surface area contributed by atoms with Gasteiger partial charge in [-0.05, 0) is 48.7 Å². The van der Waals surface area contributed by atoms with Crippen LogP contribution in [0.25, 0.3) is 0 Å². The van der Waals surface area contributed by atoms with Crippen LogP contribution in [0.15, 0.2) is 69.6 Å². The van der Waals surface area contributed by atoms with Crippen molar-refractivity contribution in [3.63, 3.8) is 0 Å². The predicted molar refractivity (Wildman–Crippen MR) is 143 cm³/mol. The first-order valence-corrected chi connectivity index (χ1v) is 13.1. The molecule has 1 saturated carbocycles. The van der Waals surface area contributed by atoms with Crippen LogP contribution in [0.5, 0.6) is 5.75 Å². The summed E-state index contributed by atoms with van der Waals surface area (Å²) in [6, 6.07) is 15.8. The van der Waals surface area contributed by atoms with E-state index in [0.29, 0.717) is 35.4 Å². The van der Waals surface area contributed by atoms with E-state index in [1.54, 1.807) is 12.1 Å². The molecule has 3 aliphatic heterocycles. The Hall–Kier alpha value is -3.36. The summed E-state index contributed by atoms with van der Waals surface area (Å²) in [6.45, 7) is 3.26. The van der Waals surface area contributed by atoms with E-state index in [1.165, 1.54) is 0 Å². The molecule has 9 heteroatoms. The monoisotopic (exact) mass is 520 g/mol. The molecule has 0 bridgehead atoms. The number of dihydropyridines is 1. The molecule has 2 N–H and O–H groups in total. The van der Waals surface area contributed by atoms with Crippen molar-refractivity contribution in [2.24, 2.45) is 9.98 Å². The Bertz CT molecular complexity index is 1260. The Kier molecular flexibility index (Phi) is 6.38. The van der Waals surface area contributed by atoms with E-state index in [2.05, 4.69) is 27.3 Å². The number of nitrogens with zero attached hydrogens (tertiary/aromatic N) is 3. The van der Waals surface area contributed by atoms with Crippen LogP contribution in [0.2, 0.25) is 0 Å². The molecule has 8 nitrogen and oxygen atoms in total. The number of allylic oxidation sites excluding steroid dienone is 1. The molecule has 3 heterocycles. The summed E-state index contributed by atoms with van der Waals surface area (Å²) in [7, 11) is 0. The van der Waals surface area contributed by atoms with Gasteiger partial charge >= 0.3 is 5.97 Å². The largest absolute Gasteiger partial charge is 0.481 e. The van der Waals surface area contributed by atoms with Gasteiger partial charge in [0.2, 0.25) is 0 Å². The lowest BCUT2D eigenvalue weighted by Crippen LogP contribution is -2.37. The molecule has 0 amide bonds. The number of aliphatic carboxylic acids is 1. The Morgan fingerprint density at radius 2 is 1.76 bits per heavy atom. The highest BCUT2D eigenvalue weighted by molar-refractivity contribution is 6.46. The number of morpholine rings is 1. The Morgan fingerprint density at radius 3 is 2.43 bits per heavy atom. The number of carbonyl (C=O) groups is 1. The number of benzene rings is 2. The number of rotatable bonds is 5. The number of amidine groups is 1. The van der Waals surface area contributed by atoms with Gasteiger partial charge in [-0.2, -0.15) is 0 Å². The smallest absolute Gasteiger partial charge is 0.314 e. The van der Waals surface area contributed by atoms with Gasteiger partial charge in [0.25, 0.3) is 6.02 Å². The van der Waals surface area contributed by atoms with E-state index in [4.69, 9.17) is 26.1 Å². The van der Waals surface area contributed by atoms with Crippen LogP contribution < -0.4 is 15.0 Å². The molecule has 1 aliphatic carbocycles. The van der Waals surface area contributed by atoms with Gasteiger partial charge < -0.3 is 24.8 Å². The second-order valence-corrected chi connectivity index (χ2v) is 10.3. The van der Waals surface area contributed by atoms with Crippen LogP contribution in [-0.2, 0) is 14.9 Å². The summed E-state index contributed by atoms with van der Waals surface area (Å²) < 4.78 is 11.4. The van der Waals surface area contributed by atoms with Crippen molar-refractivity contribution in [1.82, 2.24) is 5.32 Å². The molecule has 2 aromatic rings. The van der Waals surface area contributed by atoms with Crippen LogP contribution in [0, 0.1) is 0 Å². The Balaban J connectivity index is 1.16. The topological polar surface area (TPSA) is 95.8 Å². The SMILES string of the molecule is O=C(O)C1(c2ccc(OC3=NC4N=C(c5ccc(N6CCOCC6)cc5)C(Cl)=CC4N3)cc2)CCCC1. The van der Waals surface area contributed by atoms with Gasteiger partial charge in [-0.25, -0.2) is 4.99 Å². The van der Waals surface area contributed by atoms with E-state index in [0.717, 1.165) is 56.0 Å². The van der Waals surface area contributed by atoms with Crippen molar-refractivity contribution in [3.8, 4) is 5.75 Å². The van der Waals surface area contributed by atoms with E-state index >= 15 is 0 Å². The minimum absolute atomic E-state index is 0.188. The minimum atomic E-state index is -0.788. The molecule has 2 atom stereocenters. The lowest BCUT2D eigenvalue weighted by molar-refractivity contribution is -0.143. The fourth-order valence-electron chi connectivity index (χ4n) is 5.60. The maximum Gasteiger partial charge on any atom is 0.314 e. The van der Waals surface area contributed by atoms with Gasteiger partial charge in [-0.3, -0.25) is 9.79 Å². The zero-order chi connectivity index (χ0) is 25.4. The van der Waals surface area contributed by atoms with Gasteiger partial charge in [0.05, 0.1) is 35.4 Å². The number of carboxylic acids is 1. The van der Waals surface area contributed by atoms with Gasteiger partial charge in [0.15, 0.2) is 6.17 Å². The number of ether oxygens (including phenoxy) is 2. The third kappa shape index (κ3) is 4.60. The van der Waals surface area contributed by atoms with Crippen molar-refractivity contribution in [3.05, 3.63) is 70.8 Å². The highest BCUT2D eigenvalue weighted by Gasteiger charge is 2.43. The zero-order valence-electron chi connectivity index (χ0n) is 20.4. The molecule has 4 aliphatic rings. The van der Waals surface area contributed by atoms with Crippen molar-refractivity contribution in [2.75, 3.05) is 31.2 Å². The summed E-state index contributed by atoms with van der Waals surface area (Å²) in [5.74, 6) is -0.164. The third-order valence-corrected chi connectivity index (χ3v) is 7.98. The van der Waals surface area contributed by atoms with Gasteiger partial charge in [-0.1, -0.05) is 48.7 Å². The van der Waals surface area contributed by atoms with Gasteiger partial charge in [0, 0.05) is 24.3 Å². The molecule has 0 radical (unpaired) electrons. The molecule has 37 heavy (non-hydrogen) atoms. The summed E-state index contributed by atoms with van der Waals surface area (Å²) in [4.78, 5) is 23.7. The molecule has 2 fully saturated rings. The number of halogens is 1. The first-order chi connectivity index (χ1) is 18.0. The first-order valence-electron chi connectivity index (χ1n) is 12.8. The fraction of sp³-hybridized carbons (Fsp3) is 0.393. The molecular weight excluding hydrogens is 492 g/mol. The highest BCUT2D eigenvalue weighted by Crippen LogP contribution is 2.41. The average molecular weight is 521 g/mol. The number of aliphatic imine (C=N–C) groups is 2. The first kappa shape index (κ1) is 24.0. The maximum absolute atomic E-state index is 12.0. The predicted octanol–water partition coefficient (Wildman–Crippen LogP) is 4.08. The second-order valence-electron chi connectivity index (χ2n) is 9.88. The molecule has 2 aromatic carbocycles. The zero-order valence-corrected chi connectivity index (χ0v) is 21.2. The molecular formula is C28H29ClN4O4. The van der Waals surface area contributed by atoms with E-state index < -0.39 is 11.4 Å². The Labute approximate surface area is 220 Å². The van der Waals surface area contributed by atoms with Crippen LogP contribution in [-0.4, -0.2) is 61.3 Å². The van der Waals surface area contributed by atoms with Crippen LogP contribution in [0.1, 0.15) is 36.8 Å². The minimum Gasteiger partial charge on any atom is -0.481 e. The molecule has 2 unspecified atom stereocenters. The van der Waals surface area contributed by atoms with Crippen LogP contribution in [0.3, 0.4) is 0 Å². The summed E-state index contributed by atoms with van der Waals surface area (Å²) in [6.07, 6.45) is 4.76. The molecule has 192 valence electrons. The van der Waals surface area contributed by atoms with Crippen LogP contribution >= 0.6 is 11.6 Å². The molecule has 0 aromatic heterocycles. The van der Waals surface area contributed by atoms with E-state index in [9.17, 15) is 9.90 Å². The van der Waals surface area contributed by atoms with Crippen molar-refractivity contribution < 1.29 is 19.4 Å². The highest BCUT2D eigenvalue weighted by atomic mass is 35.5.